The molecule has 1 aliphatic heterocycles. The summed E-state index contributed by atoms with van der Waals surface area (Å²) in [5, 5.41) is 12.4. The molecule has 1 amide bonds. The summed E-state index contributed by atoms with van der Waals surface area (Å²) < 4.78 is 22.3. The van der Waals surface area contributed by atoms with Crippen LogP contribution >= 0.6 is 11.6 Å². The number of hydrogen-bond acceptors (Lipinski definition) is 6. The van der Waals surface area contributed by atoms with E-state index in [1.54, 1.807) is 12.1 Å². The van der Waals surface area contributed by atoms with E-state index in [9.17, 15) is 10.1 Å². The Morgan fingerprint density at radius 3 is 2.74 bits per heavy atom. The van der Waals surface area contributed by atoms with Crippen LogP contribution in [-0.2, 0) is 11.4 Å². The third kappa shape index (κ3) is 5.62. The fraction of sp³-hybridized carbons (Fsp3) is 0.304. The maximum Gasteiger partial charge on any atom is 0.262 e. The lowest BCUT2D eigenvalue weighted by Gasteiger charge is -2.15. The quantitative estimate of drug-likeness (QED) is 0.479. The summed E-state index contributed by atoms with van der Waals surface area (Å²) in [6.45, 7) is 6.32. The second-order valence-electron chi connectivity index (χ2n) is 7.04. The number of fused-ring (bicyclic) bond motifs is 1. The van der Waals surface area contributed by atoms with Gasteiger partial charge in [-0.25, -0.2) is 0 Å². The third-order valence-corrected chi connectivity index (χ3v) is 4.53. The van der Waals surface area contributed by atoms with E-state index in [1.807, 2.05) is 45.0 Å². The van der Waals surface area contributed by atoms with Crippen molar-refractivity contribution in [2.24, 2.45) is 0 Å². The first-order chi connectivity index (χ1) is 14.9. The van der Waals surface area contributed by atoms with E-state index in [0.717, 1.165) is 5.56 Å². The summed E-state index contributed by atoms with van der Waals surface area (Å²) in [5.41, 5.74) is 1.41. The predicted octanol–water partition coefficient (Wildman–Crippen LogP) is 4.48. The maximum atomic E-state index is 12.2. The number of hydrogen-bond donors (Lipinski definition) is 1. The van der Waals surface area contributed by atoms with E-state index in [0.29, 0.717) is 40.2 Å². The van der Waals surface area contributed by atoms with Crippen molar-refractivity contribution in [3.8, 4) is 29.1 Å². The normalized spacial score (nSPS) is 12.5. The molecule has 31 heavy (non-hydrogen) atoms. The Balaban J connectivity index is 1.84. The number of nitriles is 1. The molecule has 2 aromatic rings. The van der Waals surface area contributed by atoms with Crippen molar-refractivity contribution in [1.82, 2.24) is 5.32 Å². The highest BCUT2D eigenvalue weighted by molar-refractivity contribution is 6.32. The molecule has 0 bridgehead atoms. The molecule has 8 heteroatoms. The van der Waals surface area contributed by atoms with Gasteiger partial charge in [-0.3, -0.25) is 4.79 Å². The van der Waals surface area contributed by atoms with Crippen LogP contribution in [0.5, 0.6) is 23.0 Å². The lowest BCUT2D eigenvalue weighted by Crippen LogP contribution is -2.30. The van der Waals surface area contributed by atoms with Gasteiger partial charge in [0.05, 0.1) is 11.6 Å². The largest absolute Gasteiger partial charge is 0.490 e. The zero-order chi connectivity index (χ0) is 22.4. The fourth-order valence-corrected chi connectivity index (χ4v) is 3.19. The molecule has 0 aromatic heterocycles. The van der Waals surface area contributed by atoms with Crippen LogP contribution < -0.4 is 24.3 Å². The summed E-state index contributed by atoms with van der Waals surface area (Å²) in [4.78, 5) is 12.2. The number of amides is 1. The van der Waals surface area contributed by atoms with Crippen molar-refractivity contribution in [3.63, 3.8) is 0 Å². The van der Waals surface area contributed by atoms with Crippen LogP contribution in [0.25, 0.3) is 6.08 Å². The molecule has 0 fully saturated rings. The van der Waals surface area contributed by atoms with Crippen LogP contribution in [0.15, 0.2) is 35.9 Å². The minimum absolute atomic E-state index is 0.0266. The SMILES string of the molecule is CCOc1cc(/C=C(/C#N)C(=O)NC(C)C)cc(Cl)c1OCc1ccc2c(c1)OCO2. The van der Waals surface area contributed by atoms with Gasteiger partial charge < -0.3 is 24.3 Å². The third-order valence-electron chi connectivity index (χ3n) is 4.25. The second-order valence-corrected chi connectivity index (χ2v) is 7.44. The Morgan fingerprint density at radius 2 is 2.03 bits per heavy atom. The van der Waals surface area contributed by atoms with Crippen molar-refractivity contribution in [1.29, 1.82) is 5.26 Å². The van der Waals surface area contributed by atoms with Crippen LogP contribution in [0.4, 0.5) is 0 Å². The minimum atomic E-state index is -0.449. The average Bonchev–Trinajstić information content (AvgIpc) is 3.19. The molecular formula is C23H23ClN2O5. The molecule has 2 aromatic carbocycles. The topological polar surface area (TPSA) is 89.8 Å². The van der Waals surface area contributed by atoms with Gasteiger partial charge in [0.2, 0.25) is 6.79 Å². The Morgan fingerprint density at radius 1 is 1.26 bits per heavy atom. The highest BCUT2D eigenvalue weighted by atomic mass is 35.5. The Bertz CT molecular complexity index is 1040. The van der Waals surface area contributed by atoms with Gasteiger partial charge >= 0.3 is 0 Å². The van der Waals surface area contributed by atoms with E-state index >= 15 is 0 Å². The zero-order valence-electron chi connectivity index (χ0n) is 17.5. The van der Waals surface area contributed by atoms with Crippen molar-refractivity contribution < 1.29 is 23.7 Å². The standard InChI is InChI=1S/C23H23ClN2O5/c1-4-28-21-10-16(7-17(11-25)23(27)26-14(2)3)8-18(24)22(21)29-12-15-5-6-19-20(9-15)31-13-30-19/h5-10,14H,4,12-13H2,1-3H3,(H,26,27)/b17-7-. The number of rotatable bonds is 8. The summed E-state index contributed by atoms with van der Waals surface area (Å²) in [6.07, 6.45) is 1.47. The predicted molar refractivity (Wildman–Crippen MR) is 116 cm³/mol. The zero-order valence-corrected chi connectivity index (χ0v) is 18.3. The molecule has 1 heterocycles. The molecular weight excluding hydrogens is 420 g/mol. The van der Waals surface area contributed by atoms with Crippen molar-refractivity contribution >= 4 is 23.6 Å². The number of ether oxygens (including phenoxy) is 4. The summed E-state index contributed by atoms with van der Waals surface area (Å²) in [6, 6.07) is 10.7. The van der Waals surface area contributed by atoms with Crippen molar-refractivity contribution in [2.75, 3.05) is 13.4 Å². The molecule has 7 nitrogen and oxygen atoms in total. The lowest BCUT2D eigenvalue weighted by atomic mass is 10.1. The van der Waals surface area contributed by atoms with Crippen molar-refractivity contribution in [2.45, 2.75) is 33.4 Å². The molecule has 162 valence electrons. The van der Waals surface area contributed by atoms with Gasteiger partial charge in [-0.05, 0) is 62.2 Å². The Labute approximate surface area is 186 Å². The summed E-state index contributed by atoms with van der Waals surface area (Å²) in [5.74, 6) is 1.71. The number of nitrogens with zero attached hydrogens (tertiary/aromatic N) is 1. The van der Waals surface area contributed by atoms with Gasteiger partial charge in [0.15, 0.2) is 23.0 Å². The van der Waals surface area contributed by atoms with Crippen LogP contribution in [0.2, 0.25) is 5.02 Å². The van der Waals surface area contributed by atoms with E-state index < -0.39 is 5.91 Å². The minimum Gasteiger partial charge on any atom is -0.490 e. The number of halogens is 1. The molecule has 1 N–H and O–H groups in total. The van der Waals surface area contributed by atoms with Gasteiger partial charge in [0.1, 0.15) is 18.2 Å². The number of carbonyl (C=O) groups excluding carboxylic acids is 1. The van der Waals surface area contributed by atoms with E-state index in [4.69, 9.17) is 30.5 Å². The molecule has 0 saturated carbocycles. The molecule has 1 aliphatic rings. The van der Waals surface area contributed by atoms with Gasteiger partial charge in [0.25, 0.3) is 5.91 Å². The van der Waals surface area contributed by atoms with E-state index in [2.05, 4.69) is 5.32 Å². The van der Waals surface area contributed by atoms with Gasteiger partial charge in [-0.15, -0.1) is 0 Å². The first-order valence-corrected chi connectivity index (χ1v) is 10.2. The molecule has 3 rings (SSSR count). The van der Waals surface area contributed by atoms with Crippen LogP contribution in [0, 0.1) is 11.3 Å². The summed E-state index contributed by atoms with van der Waals surface area (Å²) in [7, 11) is 0. The molecule has 0 unspecified atom stereocenters. The van der Waals surface area contributed by atoms with Crippen LogP contribution in [0.3, 0.4) is 0 Å². The van der Waals surface area contributed by atoms with E-state index in [-0.39, 0.29) is 25.0 Å². The first-order valence-electron chi connectivity index (χ1n) is 9.81. The smallest absolute Gasteiger partial charge is 0.262 e. The van der Waals surface area contributed by atoms with Gasteiger partial charge in [0, 0.05) is 6.04 Å². The number of carbonyl (C=O) groups is 1. The Kier molecular flexibility index (Phi) is 7.27. The molecule has 0 atom stereocenters. The highest BCUT2D eigenvalue weighted by Crippen LogP contribution is 2.38. The first kappa shape index (κ1) is 22.3. The number of benzene rings is 2. The van der Waals surface area contributed by atoms with E-state index in [1.165, 1.54) is 6.08 Å². The summed E-state index contributed by atoms with van der Waals surface area (Å²) >= 11 is 6.46. The highest BCUT2D eigenvalue weighted by Gasteiger charge is 2.17. The van der Waals surface area contributed by atoms with Gasteiger partial charge in [-0.1, -0.05) is 17.7 Å². The second kappa shape index (κ2) is 10.1. The Hall–Kier alpha value is -3.37. The van der Waals surface area contributed by atoms with Crippen molar-refractivity contribution in [3.05, 3.63) is 52.1 Å². The lowest BCUT2D eigenvalue weighted by molar-refractivity contribution is -0.117. The average molecular weight is 443 g/mol. The van der Waals surface area contributed by atoms with Crippen LogP contribution in [0.1, 0.15) is 31.9 Å². The van der Waals surface area contributed by atoms with Gasteiger partial charge in [-0.2, -0.15) is 5.26 Å². The van der Waals surface area contributed by atoms with Crippen LogP contribution in [-0.4, -0.2) is 25.3 Å². The molecule has 0 aliphatic carbocycles. The fourth-order valence-electron chi connectivity index (χ4n) is 2.92. The number of nitrogens with one attached hydrogen (secondary N) is 1. The molecule has 0 spiro atoms. The monoisotopic (exact) mass is 442 g/mol. The molecule has 0 saturated heterocycles. The maximum absolute atomic E-state index is 12.2. The molecule has 0 radical (unpaired) electrons.